The summed E-state index contributed by atoms with van der Waals surface area (Å²) in [4.78, 5) is 2.44. The Balaban J connectivity index is 1.90. The minimum Gasteiger partial charge on any atom is -0.299 e. The molecule has 0 aliphatic carbocycles. The molecule has 0 radical (unpaired) electrons. The maximum absolute atomic E-state index is 13.4. The molecule has 1 saturated heterocycles. The van der Waals surface area contributed by atoms with E-state index in [1.807, 2.05) is 6.07 Å². The third kappa shape index (κ3) is 3.55. The van der Waals surface area contributed by atoms with Gasteiger partial charge in [0.2, 0.25) is 0 Å². The molecule has 1 nitrogen and oxygen atoms in total. The fraction of sp³-hybridized carbons (Fsp3) is 0.600. The van der Waals surface area contributed by atoms with E-state index in [1.165, 1.54) is 31.7 Å². The molecule has 0 N–H and O–H groups in total. The summed E-state index contributed by atoms with van der Waals surface area (Å²) >= 11 is 3.34. The molecule has 0 bridgehead atoms. The van der Waals surface area contributed by atoms with E-state index in [9.17, 15) is 4.39 Å². The lowest BCUT2D eigenvalue weighted by molar-refractivity contribution is 0.171. The van der Waals surface area contributed by atoms with Crippen molar-refractivity contribution in [2.24, 2.45) is 5.92 Å². The van der Waals surface area contributed by atoms with Gasteiger partial charge < -0.3 is 0 Å². The molecule has 1 aromatic carbocycles. The first-order valence-electron chi connectivity index (χ1n) is 6.86. The molecule has 1 aromatic rings. The summed E-state index contributed by atoms with van der Waals surface area (Å²) in [6.07, 6.45) is 5.24. The molecule has 0 atom stereocenters. The number of halogens is 2. The van der Waals surface area contributed by atoms with Crippen molar-refractivity contribution in [1.82, 2.24) is 4.90 Å². The van der Waals surface area contributed by atoms with E-state index < -0.39 is 0 Å². The Bertz CT molecular complexity index is 386. The van der Waals surface area contributed by atoms with Gasteiger partial charge in [0.25, 0.3) is 0 Å². The summed E-state index contributed by atoms with van der Waals surface area (Å²) < 4.78 is 14.1. The van der Waals surface area contributed by atoms with E-state index in [-0.39, 0.29) is 5.82 Å². The summed E-state index contributed by atoms with van der Waals surface area (Å²) in [5.74, 6) is 0.746. The second-order valence-corrected chi connectivity index (χ2v) is 6.01. The van der Waals surface area contributed by atoms with Crippen LogP contribution in [0.15, 0.2) is 22.7 Å². The van der Waals surface area contributed by atoms with E-state index >= 15 is 0 Å². The van der Waals surface area contributed by atoms with Crippen LogP contribution in [-0.4, -0.2) is 18.0 Å². The normalized spacial score (nSPS) is 18.2. The Hall–Kier alpha value is -0.410. The largest absolute Gasteiger partial charge is 0.299 e. The number of piperidine rings is 1. The molecule has 1 fully saturated rings. The molecule has 18 heavy (non-hydrogen) atoms. The molecule has 0 aromatic heterocycles. The van der Waals surface area contributed by atoms with Crippen LogP contribution in [0.5, 0.6) is 0 Å². The number of hydrogen-bond acceptors (Lipinski definition) is 1. The van der Waals surface area contributed by atoms with Crippen molar-refractivity contribution in [1.29, 1.82) is 0 Å². The second-order valence-electron chi connectivity index (χ2n) is 5.22. The zero-order valence-electron chi connectivity index (χ0n) is 11.0. The molecule has 1 heterocycles. The highest BCUT2D eigenvalue weighted by atomic mass is 79.9. The lowest BCUT2D eigenvalue weighted by Crippen LogP contribution is -2.33. The predicted molar refractivity (Wildman–Crippen MR) is 77.0 cm³/mol. The van der Waals surface area contributed by atoms with E-state index in [2.05, 4.69) is 27.8 Å². The third-order valence-electron chi connectivity index (χ3n) is 3.83. The number of likely N-dealkylation sites (tertiary alicyclic amines) is 1. The smallest absolute Gasteiger partial charge is 0.137 e. The third-order valence-corrected chi connectivity index (χ3v) is 4.72. The van der Waals surface area contributed by atoms with Crippen molar-refractivity contribution in [3.63, 3.8) is 0 Å². The van der Waals surface area contributed by atoms with Crippen LogP contribution >= 0.6 is 15.9 Å². The van der Waals surface area contributed by atoms with Gasteiger partial charge in [-0.1, -0.05) is 31.9 Å². The van der Waals surface area contributed by atoms with E-state index in [1.54, 1.807) is 6.07 Å². The molecule has 0 unspecified atom stereocenters. The van der Waals surface area contributed by atoms with Crippen LogP contribution in [0.25, 0.3) is 0 Å². The second kappa shape index (κ2) is 6.67. The number of nitrogens with zero attached hydrogens (tertiary/aromatic N) is 1. The van der Waals surface area contributed by atoms with Crippen LogP contribution < -0.4 is 0 Å². The quantitative estimate of drug-likeness (QED) is 0.785. The summed E-state index contributed by atoms with van der Waals surface area (Å²) in [6, 6.07) is 5.30. The van der Waals surface area contributed by atoms with Gasteiger partial charge in [-0.2, -0.15) is 0 Å². The van der Waals surface area contributed by atoms with Gasteiger partial charge in [0.1, 0.15) is 5.82 Å². The minimum absolute atomic E-state index is 0.159. The first kappa shape index (κ1) is 14.0. The zero-order valence-corrected chi connectivity index (χ0v) is 12.5. The SMILES string of the molecule is CCCC1CCN(Cc2cccc(F)c2Br)CC1. The van der Waals surface area contributed by atoms with Gasteiger partial charge in [0, 0.05) is 6.54 Å². The maximum atomic E-state index is 13.4. The maximum Gasteiger partial charge on any atom is 0.137 e. The minimum atomic E-state index is -0.159. The summed E-state index contributed by atoms with van der Waals surface area (Å²) in [6.45, 7) is 5.41. The Kier molecular flexibility index (Phi) is 5.19. The van der Waals surface area contributed by atoms with Gasteiger partial charge in [0.05, 0.1) is 4.47 Å². The number of benzene rings is 1. The Labute approximate surface area is 118 Å². The van der Waals surface area contributed by atoms with Crippen molar-refractivity contribution in [3.05, 3.63) is 34.1 Å². The molecule has 2 rings (SSSR count). The Morgan fingerprint density at radius 2 is 2.06 bits per heavy atom. The van der Waals surface area contributed by atoms with Crippen molar-refractivity contribution in [2.75, 3.05) is 13.1 Å². The van der Waals surface area contributed by atoms with Crippen LogP contribution in [0.2, 0.25) is 0 Å². The average Bonchev–Trinajstić information content (AvgIpc) is 2.38. The molecule has 0 amide bonds. The lowest BCUT2D eigenvalue weighted by Gasteiger charge is -2.32. The highest BCUT2D eigenvalue weighted by Crippen LogP contribution is 2.26. The van der Waals surface area contributed by atoms with E-state index in [0.717, 1.165) is 31.1 Å². The summed E-state index contributed by atoms with van der Waals surface area (Å²) in [5, 5.41) is 0. The molecular weight excluding hydrogens is 293 g/mol. The van der Waals surface area contributed by atoms with Gasteiger partial charge in [-0.15, -0.1) is 0 Å². The van der Waals surface area contributed by atoms with Gasteiger partial charge >= 0.3 is 0 Å². The first-order chi connectivity index (χ1) is 8.70. The van der Waals surface area contributed by atoms with Gasteiger partial charge in [-0.25, -0.2) is 4.39 Å². The Morgan fingerprint density at radius 3 is 2.72 bits per heavy atom. The topological polar surface area (TPSA) is 3.24 Å². The van der Waals surface area contributed by atoms with Crippen LogP contribution in [0.4, 0.5) is 4.39 Å². The highest BCUT2D eigenvalue weighted by Gasteiger charge is 2.19. The lowest BCUT2D eigenvalue weighted by atomic mass is 9.92. The fourth-order valence-electron chi connectivity index (χ4n) is 2.75. The standard InChI is InChI=1S/C15H21BrFN/c1-2-4-12-7-9-18(10-8-12)11-13-5-3-6-14(17)15(13)16/h3,5-6,12H,2,4,7-11H2,1H3. The van der Waals surface area contributed by atoms with Gasteiger partial charge in [0.15, 0.2) is 0 Å². The monoisotopic (exact) mass is 313 g/mol. The van der Waals surface area contributed by atoms with Crippen LogP contribution in [0.3, 0.4) is 0 Å². The summed E-state index contributed by atoms with van der Waals surface area (Å²) in [7, 11) is 0. The molecular formula is C15H21BrFN. The molecule has 1 aliphatic heterocycles. The number of hydrogen-bond donors (Lipinski definition) is 0. The van der Waals surface area contributed by atoms with Gasteiger partial charge in [-0.3, -0.25) is 4.90 Å². The van der Waals surface area contributed by atoms with Crippen LogP contribution in [-0.2, 0) is 6.54 Å². The van der Waals surface area contributed by atoms with Crippen molar-refractivity contribution < 1.29 is 4.39 Å². The first-order valence-corrected chi connectivity index (χ1v) is 7.65. The predicted octanol–water partition coefficient (Wildman–Crippen LogP) is 4.60. The van der Waals surface area contributed by atoms with E-state index in [4.69, 9.17) is 0 Å². The molecule has 1 aliphatic rings. The molecule has 0 saturated carbocycles. The number of rotatable bonds is 4. The van der Waals surface area contributed by atoms with Gasteiger partial charge in [-0.05, 0) is 59.4 Å². The van der Waals surface area contributed by atoms with Crippen molar-refractivity contribution in [2.45, 2.75) is 39.2 Å². The average molecular weight is 314 g/mol. The van der Waals surface area contributed by atoms with Crippen LogP contribution in [0, 0.1) is 11.7 Å². The Morgan fingerprint density at radius 1 is 1.33 bits per heavy atom. The van der Waals surface area contributed by atoms with E-state index in [0.29, 0.717) is 4.47 Å². The molecule has 100 valence electrons. The zero-order chi connectivity index (χ0) is 13.0. The molecule has 0 spiro atoms. The molecule has 3 heteroatoms. The van der Waals surface area contributed by atoms with Crippen molar-refractivity contribution in [3.8, 4) is 0 Å². The summed E-state index contributed by atoms with van der Waals surface area (Å²) in [5.41, 5.74) is 1.06. The highest BCUT2D eigenvalue weighted by molar-refractivity contribution is 9.10. The van der Waals surface area contributed by atoms with Crippen molar-refractivity contribution >= 4 is 15.9 Å². The van der Waals surface area contributed by atoms with Crippen LogP contribution in [0.1, 0.15) is 38.2 Å². The fourth-order valence-corrected chi connectivity index (χ4v) is 3.14.